The third-order valence-corrected chi connectivity index (χ3v) is 8.35. The van der Waals surface area contributed by atoms with E-state index >= 15 is 0 Å². The van der Waals surface area contributed by atoms with Gasteiger partial charge >= 0.3 is 12.1 Å². The first kappa shape index (κ1) is 51.0. The molecule has 0 aromatic heterocycles. The number of rotatable bonds is 23. The molecule has 21 heteroatoms. The Labute approximate surface area is 344 Å². The lowest BCUT2D eigenvalue weighted by molar-refractivity contribution is -0.133. The van der Waals surface area contributed by atoms with Crippen LogP contribution in [0.2, 0.25) is 0 Å². The van der Waals surface area contributed by atoms with Crippen molar-refractivity contribution in [2.24, 2.45) is 29.3 Å². The molecule has 21 nitrogen and oxygen atoms in total. The van der Waals surface area contributed by atoms with Gasteiger partial charge in [0.1, 0.15) is 36.8 Å². The van der Waals surface area contributed by atoms with Gasteiger partial charge in [-0.2, -0.15) is 0 Å². The number of alkyl carbamates (subject to hydrolysis) is 1. The minimum Gasteiger partial charge on any atom is -0.445 e. The van der Waals surface area contributed by atoms with Gasteiger partial charge in [-0.1, -0.05) is 71.9 Å². The van der Waals surface area contributed by atoms with E-state index in [-0.39, 0.29) is 50.0 Å². The first-order valence-corrected chi connectivity index (χ1v) is 19.5. The minimum atomic E-state index is -1.29. The smallest absolute Gasteiger partial charge is 0.408 e. The van der Waals surface area contributed by atoms with Crippen LogP contribution in [-0.2, 0) is 44.9 Å². The largest absolute Gasteiger partial charge is 0.445 e. The van der Waals surface area contributed by atoms with Crippen molar-refractivity contribution < 1.29 is 47.9 Å². The van der Waals surface area contributed by atoms with Gasteiger partial charge < -0.3 is 42.4 Å². The number of benzene rings is 1. The van der Waals surface area contributed by atoms with E-state index in [4.69, 9.17) is 16.3 Å². The van der Waals surface area contributed by atoms with Gasteiger partial charge in [0, 0.05) is 6.42 Å². The number of nitrogens with one attached hydrogen (secondary N) is 8. The van der Waals surface area contributed by atoms with Gasteiger partial charge in [0.15, 0.2) is 0 Å². The Morgan fingerprint density at radius 1 is 0.627 bits per heavy atom. The summed E-state index contributed by atoms with van der Waals surface area (Å²) >= 11 is 0. The molecule has 1 rings (SSSR count). The summed E-state index contributed by atoms with van der Waals surface area (Å²) in [7, 11) is 0. The van der Waals surface area contributed by atoms with Gasteiger partial charge in [-0.15, -0.1) is 0 Å². The molecule has 0 heterocycles. The number of primary amides is 1. The van der Waals surface area contributed by atoms with Crippen LogP contribution in [-0.4, -0.2) is 102 Å². The van der Waals surface area contributed by atoms with Gasteiger partial charge in [-0.05, 0) is 56.4 Å². The van der Waals surface area contributed by atoms with Crippen molar-refractivity contribution >= 4 is 53.5 Å². The summed E-state index contributed by atoms with van der Waals surface area (Å²) in [6, 6.07) is 2.34. The molecule has 330 valence electrons. The quantitative estimate of drug-likeness (QED) is 0.0374. The van der Waals surface area contributed by atoms with Crippen molar-refractivity contribution in [3.05, 3.63) is 35.9 Å². The van der Waals surface area contributed by atoms with Crippen LogP contribution in [0.15, 0.2) is 30.3 Å². The molecule has 0 fully saturated rings. The molecule has 1 aromatic rings. The third-order valence-electron chi connectivity index (χ3n) is 8.35. The van der Waals surface area contributed by atoms with Crippen molar-refractivity contribution in [3.8, 4) is 0 Å². The fourth-order valence-corrected chi connectivity index (χ4v) is 5.32. The van der Waals surface area contributed by atoms with Gasteiger partial charge in [0.25, 0.3) is 11.8 Å². The topological polar surface area (TPSA) is 314 Å². The van der Waals surface area contributed by atoms with Crippen molar-refractivity contribution in [3.63, 3.8) is 0 Å². The van der Waals surface area contributed by atoms with Crippen LogP contribution < -0.4 is 54.3 Å². The standard InChI is InChI=1S/C38H63N11O10/c1-21(2)16-27(35(55)46-29(18-23(5)6)36(56)47-40)44-31(51)19-41-37(57)49(15-14-30(39)50)48-33(53)25(8)42-34(54)28(17-22(3)4)45-32(52)24(7)43-38(58)59-20-26-12-10-9-11-13-26/h9-13,21-25,27-29H,14-20,40H2,1-8H3,(H2,39,50)(H,41,57)(H,42,54)(H,43,58)(H,44,51)(H,45,52)(H,46,55)(H,47,56)(H,48,53)/t24-,25-,27-,28-,29-/m0/s1. The maximum absolute atomic E-state index is 13.3. The number of amides is 10. The zero-order valence-electron chi connectivity index (χ0n) is 35.1. The second-order valence-electron chi connectivity index (χ2n) is 15.3. The number of urea groups is 1. The second kappa shape index (κ2) is 26.1. The van der Waals surface area contributed by atoms with E-state index in [9.17, 15) is 43.2 Å². The van der Waals surface area contributed by atoms with E-state index in [0.717, 1.165) is 5.56 Å². The van der Waals surface area contributed by atoms with Gasteiger partial charge in [-0.25, -0.2) is 20.4 Å². The van der Waals surface area contributed by atoms with Crippen molar-refractivity contribution in [1.29, 1.82) is 0 Å². The highest BCUT2D eigenvalue weighted by Crippen LogP contribution is 2.10. The molecule has 0 aliphatic carbocycles. The molecule has 0 spiro atoms. The summed E-state index contributed by atoms with van der Waals surface area (Å²) in [4.78, 5) is 115. The van der Waals surface area contributed by atoms with Crippen LogP contribution in [0, 0.1) is 17.8 Å². The highest BCUT2D eigenvalue weighted by atomic mass is 16.5. The SMILES string of the molecule is CC(C)C[C@H](NC(=O)CNC(=O)N(CCC(N)=O)NC(=O)[C@H](C)NC(=O)[C@H](CC(C)C)NC(=O)[C@H](C)NC(=O)OCc1ccccc1)C(=O)N[C@@H](CC(C)C)C(=O)NN. The molecule has 10 amide bonds. The molecular weight excluding hydrogens is 770 g/mol. The van der Waals surface area contributed by atoms with Gasteiger partial charge in [0.2, 0.25) is 29.5 Å². The summed E-state index contributed by atoms with van der Waals surface area (Å²) < 4.78 is 5.16. The molecular formula is C38H63N11O10. The van der Waals surface area contributed by atoms with E-state index in [1.165, 1.54) is 13.8 Å². The molecule has 0 bridgehead atoms. The zero-order valence-corrected chi connectivity index (χ0v) is 35.1. The summed E-state index contributed by atoms with van der Waals surface area (Å²) in [5.41, 5.74) is 10.3. The molecule has 0 radical (unpaired) electrons. The Bertz CT molecular complexity index is 1590. The Hall–Kier alpha value is -5.99. The van der Waals surface area contributed by atoms with Crippen molar-refractivity contribution in [2.45, 2.75) is 118 Å². The number of carbonyl (C=O) groups excluding carboxylic acids is 9. The number of carbonyl (C=O) groups is 9. The Morgan fingerprint density at radius 3 is 1.64 bits per heavy atom. The molecule has 0 unspecified atom stereocenters. The fraction of sp³-hybridized carbons (Fsp3) is 0.605. The summed E-state index contributed by atoms with van der Waals surface area (Å²) in [5, 5.41) is 15.6. The van der Waals surface area contributed by atoms with Gasteiger partial charge in [0.05, 0.1) is 13.1 Å². The normalized spacial score (nSPS) is 13.4. The first-order chi connectivity index (χ1) is 27.6. The molecule has 1 aromatic carbocycles. The summed E-state index contributed by atoms with van der Waals surface area (Å²) in [6.45, 7) is 12.6. The van der Waals surface area contributed by atoms with E-state index in [0.29, 0.717) is 5.01 Å². The first-order valence-electron chi connectivity index (χ1n) is 19.5. The van der Waals surface area contributed by atoms with Crippen LogP contribution >= 0.6 is 0 Å². The molecule has 0 saturated heterocycles. The van der Waals surface area contributed by atoms with E-state index in [2.05, 4.69) is 37.3 Å². The molecule has 12 N–H and O–H groups in total. The number of hydrogen-bond donors (Lipinski definition) is 10. The predicted molar refractivity (Wildman–Crippen MR) is 215 cm³/mol. The highest BCUT2D eigenvalue weighted by molar-refractivity contribution is 5.95. The van der Waals surface area contributed by atoms with E-state index < -0.39 is 96.8 Å². The maximum atomic E-state index is 13.3. The molecule has 0 aliphatic heterocycles. The lowest BCUT2D eigenvalue weighted by Gasteiger charge is -2.27. The van der Waals surface area contributed by atoms with Crippen molar-refractivity contribution in [1.82, 2.24) is 47.8 Å². The summed E-state index contributed by atoms with van der Waals surface area (Å²) in [6.07, 6.45) is -0.603. The van der Waals surface area contributed by atoms with Crippen LogP contribution in [0.4, 0.5) is 9.59 Å². The number of ether oxygens (including phenoxy) is 1. The van der Waals surface area contributed by atoms with Crippen molar-refractivity contribution in [2.75, 3.05) is 13.1 Å². The monoisotopic (exact) mass is 833 g/mol. The molecule has 0 aliphatic rings. The summed E-state index contributed by atoms with van der Waals surface area (Å²) in [5.74, 6) is -0.0119. The predicted octanol–water partition coefficient (Wildman–Crippen LogP) is -0.693. The lowest BCUT2D eigenvalue weighted by atomic mass is 10.00. The Balaban J connectivity index is 2.92. The highest BCUT2D eigenvalue weighted by Gasteiger charge is 2.30. The van der Waals surface area contributed by atoms with E-state index in [1.807, 2.05) is 53.0 Å². The van der Waals surface area contributed by atoms with Crippen LogP contribution in [0.25, 0.3) is 0 Å². The maximum Gasteiger partial charge on any atom is 0.408 e. The Morgan fingerprint density at radius 2 is 1.12 bits per heavy atom. The number of nitrogens with two attached hydrogens (primary N) is 2. The van der Waals surface area contributed by atoms with Crippen LogP contribution in [0.3, 0.4) is 0 Å². The minimum absolute atomic E-state index is 0.0200. The van der Waals surface area contributed by atoms with Crippen LogP contribution in [0.1, 0.15) is 86.6 Å². The molecule has 0 saturated carbocycles. The molecule has 59 heavy (non-hydrogen) atoms. The number of hydrazine groups is 2. The van der Waals surface area contributed by atoms with E-state index in [1.54, 1.807) is 24.3 Å². The zero-order chi connectivity index (χ0) is 44.8. The number of nitrogens with zero attached hydrogens (tertiary/aromatic N) is 1. The Kier molecular flexibility index (Phi) is 22.6. The van der Waals surface area contributed by atoms with Gasteiger partial charge in [-0.3, -0.25) is 44.4 Å². The average molecular weight is 834 g/mol. The molecule has 5 atom stereocenters. The number of hydrogen-bond acceptors (Lipinski definition) is 11. The average Bonchev–Trinajstić information content (AvgIpc) is 3.16. The lowest BCUT2D eigenvalue weighted by Crippen LogP contribution is -2.59. The third kappa shape index (κ3) is 20.8. The second-order valence-corrected chi connectivity index (χ2v) is 15.3. The van der Waals surface area contributed by atoms with Crippen LogP contribution in [0.5, 0.6) is 0 Å². The fourth-order valence-electron chi connectivity index (χ4n) is 5.32.